The number of amides is 1. The molecular weight excluding hydrogens is 364 g/mol. The predicted molar refractivity (Wildman–Crippen MR) is 114 cm³/mol. The number of carbonyl (C=O) groups is 1. The number of unbranched alkanes of at least 4 members (excludes halogenated alkanes) is 1. The van der Waals surface area contributed by atoms with Gasteiger partial charge in [0.2, 0.25) is 5.91 Å². The standard InChI is InChI=1S/C24H30N2O3/c27-23-12-11-20-21(25-23)9-6-10-22(20)29-18-5-4-15-26-16-13-24(28,14-17-26)19-7-2-1-3-8-19/h1-3,6-10,28H,4-5,11-18H2,(H,25,27). The minimum absolute atomic E-state index is 0.0790. The maximum absolute atomic E-state index is 11.5. The summed E-state index contributed by atoms with van der Waals surface area (Å²) in [5.41, 5.74) is 2.36. The molecule has 0 spiro atoms. The number of fused-ring (bicyclic) bond motifs is 1. The maximum Gasteiger partial charge on any atom is 0.224 e. The Hall–Kier alpha value is -2.37. The number of ether oxygens (including phenoxy) is 1. The monoisotopic (exact) mass is 394 g/mol. The van der Waals surface area contributed by atoms with Crippen molar-refractivity contribution in [2.45, 2.75) is 44.1 Å². The number of rotatable bonds is 7. The van der Waals surface area contributed by atoms with Gasteiger partial charge in [0.05, 0.1) is 12.2 Å². The van der Waals surface area contributed by atoms with E-state index in [0.717, 1.165) is 74.3 Å². The highest BCUT2D eigenvalue weighted by molar-refractivity contribution is 5.94. The average molecular weight is 395 g/mol. The highest BCUT2D eigenvalue weighted by Crippen LogP contribution is 2.33. The molecule has 0 aliphatic carbocycles. The molecule has 2 N–H and O–H groups in total. The quantitative estimate of drug-likeness (QED) is 0.703. The van der Waals surface area contributed by atoms with Crippen molar-refractivity contribution in [3.8, 4) is 5.75 Å². The van der Waals surface area contributed by atoms with Crippen molar-refractivity contribution in [3.05, 3.63) is 59.7 Å². The van der Waals surface area contributed by atoms with Crippen molar-refractivity contribution in [1.82, 2.24) is 4.90 Å². The van der Waals surface area contributed by atoms with Gasteiger partial charge in [-0.05, 0) is 56.3 Å². The molecule has 2 aromatic rings. The lowest BCUT2D eigenvalue weighted by atomic mass is 9.84. The number of nitrogens with one attached hydrogen (secondary N) is 1. The van der Waals surface area contributed by atoms with Gasteiger partial charge in [-0.15, -0.1) is 0 Å². The van der Waals surface area contributed by atoms with Gasteiger partial charge in [0.1, 0.15) is 5.75 Å². The van der Waals surface area contributed by atoms with E-state index in [4.69, 9.17) is 4.74 Å². The third kappa shape index (κ3) is 4.80. The zero-order chi connectivity index (χ0) is 20.1. The van der Waals surface area contributed by atoms with Crippen LogP contribution in [0.25, 0.3) is 0 Å². The van der Waals surface area contributed by atoms with Crippen LogP contribution in [0.15, 0.2) is 48.5 Å². The van der Waals surface area contributed by atoms with Gasteiger partial charge in [-0.1, -0.05) is 36.4 Å². The van der Waals surface area contributed by atoms with Gasteiger partial charge in [0.25, 0.3) is 0 Å². The highest BCUT2D eigenvalue weighted by Gasteiger charge is 2.33. The number of aliphatic hydroxyl groups is 1. The first-order valence-corrected chi connectivity index (χ1v) is 10.7. The largest absolute Gasteiger partial charge is 0.493 e. The van der Waals surface area contributed by atoms with E-state index in [9.17, 15) is 9.90 Å². The number of anilines is 1. The molecule has 0 saturated carbocycles. The third-order valence-electron chi connectivity index (χ3n) is 6.13. The summed E-state index contributed by atoms with van der Waals surface area (Å²) in [5.74, 6) is 0.976. The predicted octanol–water partition coefficient (Wildman–Crippen LogP) is 3.71. The fraction of sp³-hybridized carbons (Fsp3) is 0.458. The lowest BCUT2D eigenvalue weighted by Gasteiger charge is -2.38. The number of hydrogen-bond acceptors (Lipinski definition) is 4. The number of nitrogens with zero attached hydrogens (tertiary/aromatic N) is 1. The van der Waals surface area contributed by atoms with E-state index in [1.54, 1.807) is 0 Å². The zero-order valence-corrected chi connectivity index (χ0v) is 16.9. The number of likely N-dealkylation sites (tertiary alicyclic amines) is 1. The number of carbonyl (C=O) groups excluding carboxylic acids is 1. The molecule has 0 atom stereocenters. The minimum atomic E-state index is -0.678. The molecular formula is C24H30N2O3. The number of hydrogen-bond donors (Lipinski definition) is 2. The molecule has 5 nitrogen and oxygen atoms in total. The molecule has 2 aliphatic heterocycles. The summed E-state index contributed by atoms with van der Waals surface area (Å²) >= 11 is 0. The molecule has 1 amide bonds. The molecule has 0 bridgehead atoms. The first kappa shape index (κ1) is 19.9. The van der Waals surface area contributed by atoms with E-state index >= 15 is 0 Å². The lowest BCUT2D eigenvalue weighted by Crippen LogP contribution is -2.42. The van der Waals surface area contributed by atoms with E-state index in [2.05, 4.69) is 10.2 Å². The van der Waals surface area contributed by atoms with Gasteiger partial charge in [-0.3, -0.25) is 4.79 Å². The summed E-state index contributed by atoms with van der Waals surface area (Å²) in [7, 11) is 0. The Labute approximate surface area is 172 Å². The van der Waals surface area contributed by atoms with E-state index in [-0.39, 0.29) is 5.91 Å². The first-order valence-electron chi connectivity index (χ1n) is 10.7. The Morgan fingerprint density at radius 3 is 2.59 bits per heavy atom. The van der Waals surface area contributed by atoms with Crippen LogP contribution in [0.1, 0.15) is 43.2 Å². The number of piperidine rings is 1. The SMILES string of the molecule is O=C1CCc2c(cccc2OCCCCN2CCC(O)(c3ccccc3)CC2)N1. The van der Waals surface area contributed by atoms with Crippen molar-refractivity contribution < 1.29 is 14.6 Å². The van der Waals surface area contributed by atoms with E-state index in [1.807, 2.05) is 48.5 Å². The van der Waals surface area contributed by atoms with E-state index in [0.29, 0.717) is 13.0 Å². The van der Waals surface area contributed by atoms with Crippen LogP contribution in [-0.4, -0.2) is 42.2 Å². The third-order valence-corrected chi connectivity index (χ3v) is 6.13. The van der Waals surface area contributed by atoms with Crippen LogP contribution in [0.2, 0.25) is 0 Å². The summed E-state index contributed by atoms with van der Waals surface area (Å²) in [6, 6.07) is 15.9. The summed E-state index contributed by atoms with van der Waals surface area (Å²) in [4.78, 5) is 14.0. The van der Waals surface area contributed by atoms with Crippen LogP contribution in [0.3, 0.4) is 0 Å². The number of benzene rings is 2. The van der Waals surface area contributed by atoms with Crippen molar-refractivity contribution in [2.24, 2.45) is 0 Å². The molecule has 1 fully saturated rings. The average Bonchev–Trinajstić information content (AvgIpc) is 2.75. The molecule has 154 valence electrons. The van der Waals surface area contributed by atoms with Crippen LogP contribution >= 0.6 is 0 Å². The Balaban J connectivity index is 1.18. The van der Waals surface area contributed by atoms with Gasteiger partial charge in [-0.2, -0.15) is 0 Å². The smallest absolute Gasteiger partial charge is 0.224 e. The van der Waals surface area contributed by atoms with Gasteiger partial charge in [-0.25, -0.2) is 0 Å². The molecule has 2 aromatic carbocycles. The van der Waals surface area contributed by atoms with Gasteiger partial charge >= 0.3 is 0 Å². The Bertz CT molecular complexity index is 829. The van der Waals surface area contributed by atoms with Crippen molar-refractivity contribution in [2.75, 3.05) is 31.6 Å². The molecule has 29 heavy (non-hydrogen) atoms. The van der Waals surface area contributed by atoms with Crippen LogP contribution < -0.4 is 10.1 Å². The van der Waals surface area contributed by atoms with Crippen LogP contribution in [0.4, 0.5) is 5.69 Å². The van der Waals surface area contributed by atoms with Crippen molar-refractivity contribution in [3.63, 3.8) is 0 Å². The normalized spacial score (nSPS) is 18.7. The van der Waals surface area contributed by atoms with Gasteiger partial charge in [0, 0.05) is 30.8 Å². The molecule has 0 unspecified atom stereocenters. The van der Waals surface area contributed by atoms with Crippen molar-refractivity contribution >= 4 is 11.6 Å². The molecule has 0 radical (unpaired) electrons. The van der Waals surface area contributed by atoms with Gasteiger partial charge < -0.3 is 20.1 Å². The fourth-order valence-corrected chi connectivity index (χ4v) is 4.33. The Kier molecular flexibility index (Phi) is 6.16. The summed E-state index contributed by atoms with van der Waals surface area (Å²) < 4.78 is 6.01. The highest BCUT2D eigenvalue weighted by atomic mass is 16.5. The second-order valence-corrected chi connectivity index (χ2v) is 8.13. The summed E-state index contributed by atoms with van der Waals surface area (Å²) in [6.07, 6.45) is 4.92. The van der Waals surface area contributed by atoms with E-state index in [1.165, 1.54) is 0 Å². The van der Waals surface area contributed by atoms with E-state index < -0.39 is 5.60 Å². The van der Waals surface area contributed by atoms with Crippen molar-refractivity contribution in [1.29, 1.82) is 0 Å². The molecule has 4 rings (SSSR count). The Morgan fingerprint density at radius 2 is 1.79 bits per heavy atom. The molecule has 5 heteroatoms. The zero-order valence-electron chi connectivity index (χ0n) is 16.9. The molecule has 2 heterocycles. The Morgan fingerprint density at radius 1 is 1.00 bits per heavy atom. The lowest BCUT2D eigenvalue weighted by molar-refractivity contribution is -0.116. The molecule has 0 aromatic heterocycles. The maximum atomic E-state index is 11.5. The van der Waals surface area contributed by atoms with Crippen LogP contribution in [0.5, 0.6) is 5.75 Å². The van der Waals surface area contributed by atoms with Crippen LogP contribution in [-0.2, 0) is 16.8 Å². The second-order valence-electron chi connectivity index (χ2n) is 8.13. The molecule has 2 aliphatic rings. The summed E-state index contributed by atoms with van der Waals surface area (Å²) in [5, 5.41) is 13.9. The first-order chi connectivity index (χ1) is 14.1. The minimum Gasteiger partial charge on any atom is -0.493 e. The fourth-order valence-electron chi connectivity index (χ4n) is 4.33. The summed E-state index contributed by atoms with van der Waals surface area (Å²) in [6.45, 7) is 3.58. The second kappa shape index (κ2) is 8.97. The van der Waals surface area contributed by atoms with Gasteiger partial charge in [0.15, 0.2) is 0 Å². The topological polar surface area (TPSA) is 61.8 Å². The van der Waals surface area contributed by atoms with Crippen LogP contribution in [0, 0.1) is 0 Å². The molecule has 1 saturated heterocycles.